The topological polar surface area (TPSA) is 64.9 Å². The van der Waals surface area contributed by atoms with Crippen LogP contribution in [0.25, 0.3) is 0 Å². The predicted octanol–water partition coefficient (Wildman–Crippen LogP) is 1.63. The van der Waals surface area contributed by atoms with Gasteiger partial charge < -0.3 is 10.3 Å². The van der Waals surface area contributed by atoms with Crippen LogP contribution in [0.15, 0.2) is 4.52 Å². The number of aromatic nitrogens is 2. The maximum absolute atomic E-state index is 5.73. The molecule has 3 rings (SSSR count). The zero-order valence-corrected chi connectivity index (χ0v) is 9.42. The molecule has 0 bridgehead atoms. The Bertz CT molecular complexity index is 355. The molecule has 5 heteroatoms. The summed E-state index contributed by atoms with van der Waals surface area (Å²) in [6.45, 7) is 0.631. The van der Waals surface area contributed by atoms with Crippen LogP contribution in [0.5, 0.6) is 0 Å². The summed E-state index contributed by atoms with van der Waals surface area (Å²) < 4.78 is 5.34. The average Bonchev–Trinajstić information content (AvgIpc) is 2.74. The first-order valence-corrected chi connectivity index (χ1v) is 6.55. The molecule has 1 aromatic rings. The van der Waals surface area contributed by atoms with Crippen LogP contribution in [0.3, 0.4) is 0 Å². The summed E-state index contributed by atoms with van der Waals surface area (Å²) in [5.74, 6) is 2.87. The molecule has 1 unspecified atom stereocenters. The summed E-state index contributed by atoms with van der Waals surface area (Å²) in [5, 5.41) is 4.54. The molecular formula is C10H15N3OS. The molecule has 1 aromatic heterocycles. The fraction of sp³-hybridized carbons (Fsp3) is 0.800. The standard InChI is InChI=1S/C10H15N3OS/c11-6-10(3-4-10)9-12-8(13-14-9)7-2-1-5-15-7/h7H,1-6,11H2. The first-order chi connectivity index (χ1) is 7.34. The molecule has 1 saturated heterocycles. The van der Waals surface area contributed by atoms with Gasteiger partial charge in [-0.1, -0.05) is 5.16 Å². The van der Waals surface area contributed by atoms with Crippen LogP contribution in [0.1, 0.15) is 42.6 Å². The van der Waals surface area contributed by atoms with Crippen molar-refractivity contribution in [3.63, 3.8) is 0 Å². The van der Waals surface area contributed by atoms with E-state index in [1.54, 1.807) is 0 Å². The van der Waals surface area contributed by atoms with E-state index in [-0.39, 0.29) is 5.41 Å². The zero-order valence-electron chi connectivity index (χ0n) is 8.61. The molecule has 0 amide bonds. The van der Waals surface area contributed by atoms with Gasteiger partial charge in [-0.2, -0.15) is 16.7 Å². The Balaban J connectivity index is 1.81. The lowest BCUT2D eigenvalue weighted by Gasteiger charge is -2.04. The highest BCUT2D eigenvalue weighted by molar-refractivity contribution is 7.99. The maximum Gasteiger partial charge on any atom is 0.234 e. The second kappa shape index (κ2) is 3.49. The Kier molecular flexibility index (Phi) is 2.25. The van der Waals surface area contributed by atoms with Crippen LogP contribution in [-0.4, -0.2) is 22.4 Å². The number of thioether (sulfide) groups is 1. The largest absolute Gasteiger partial charge is 0.339 e. The Labute approximate surface area is 93.0 Å². The van der Waals surface area contributed by atoms with Gasteiger partial charge in [-0.05, 0) is 31.4 Å². The quantitative estimate of drug-likeness (QED) is 0.847. The van der Waals surface area contributed by atoms with Crippen molar-refractivity contribution in [1.29, 1.82) is 0 Å². The van der Waals surface area contributed by atoms with Crippen molar-refractivity contribution in [2.75, 3.05) is 12.3 Å². The van der Waals surface area contributed by atoms with Gasteiger partial charge >= 0.3 is 0 Å². The lowest BCUT2D eigenvalue weighted by atomic mass is 10.1. The van der Waals surface area contributed by atoms with Gasteiger partial charge in [0.2, 0.25) is 5.89 Å². The summed E-state index contributed by atoms with van der Waals surface area (Å²) in [7, 11) is 0. The van der Waals surface area contributed by atoms with Crippen molar-refractivity contribution in [3.8, 4) is 0 Å². The molecule has 15 heavy (non-hydrogen) atoms. The van der Waals surface area contributed by atoms with Crippen molar-refractivity contribution in [1.82, 2.24) is 10.1 Å². The van der Waals surface area contributed by atoms with E-state index < -0.39 is 0 Å². The van der Waals surface area contributed by atoms with E-state index in [0.717, 1.165) is 24.6 Å². The molecule has 1 aliphatic carbocycles. The first-order valence-electron chi connectivity index (χ1n) is 5.50. The summed E-state index contributed by atoms with van der Waals surface area (Å²) in [6.07, 6.45) is 4.65. The second-order valence-electron chi connectivity index (χ2n) is 4.44. The van der Waals surface area contributed by atoms with Crippen molar-refractivity contribution in [2.24, 2.45) is 5.73 Å². The number of hydrogen-bond acceptors (Lipinski definition) is 5. The Morgan fingerprint density at radius 2 is 2.40 bits per heavy atom. The van der Waals surface area contributed by atoms with Crippen molar-refractivity contribution in [2.45, 2.75) is 36.3 Å². The van der Waals surface area contributed by atoms with Crippen LogP contribution in [-0.2, 0) is 5.41 Å². The van der Waals surface area contributed by atoms with Crippen molar-refractivity contribution >= 4 is 11.8 Å². The average molecular weight is 225 g/mol. The van der Waals surface area contributed by atoms with Gasteiger partial charge in [0.25, 0.3) is 0 Å². The highest BCUT2D eigenvalue weighted by Crippen LogP contribution is 2.47. The van der Waals surface area contributed by atoms with Crippen LogP contribution >= 0.6 is 11.8 Å². The van der Waals surface area contributed by atoms with E-state index in [2.05, 4.69) is 10.1 Å². The smallest absolute Gasteiger partial charge is 0.234 e. The van der Waals surface area contributed by atoms with Gasteiger partial charge in [-0.15, -0.1) is 0 Å². The number of nitrogens with zero attached hydrogens (tertiary/aromatic N) is 2. The number of rotatable bonds is 3. The van der Waals surface area contributed by atoms with Crippen LogP contribution < -0.4 is 5.73 Å². The van der Waals surface area contributed by atoms with Gasteiger partial charge in [0.05, 0.1) is 10.7 Å². The van der Waals surface area contributed by atoms with Crippen molar-refractivity contribution < 1.29 is 4.52 Å². The molecule has 82 valence electrons. The summed E-state index contributed by atoms with van der Waals surface area (Å²) in [6, 6.07) is 0. The Morgan fingerprint density at radius 3 is 3.00 bits per heavy atom. The third kappa shape index (κ3) is 1.58. The molecule has 0 aromatic carbocycles. The molecule has 0 spiro atoms. The first kappa shape index (κ1) is 9.66. The molecule has 2 aliphatic rings. The Morgan fingerprint density at radius 1 is 1.53 bits per heavy atom. The van der Waals surface area contributed by atoms with Gasteiger partial charge in [0.1, 0.15) is 0 Å². The van der Waals surface area contributed by atoms with Gasteiger partial charge in [0, 0.05) is 6.54 Å². The minimum Gasteiger partial charge on any atom is -0.339 e. The summed E-state index contributed by atoms with van der Waals surface area (Å²) in [4.78, 5) is 4.52. The Hall–Kier alpha value is -0.550. The highest BCUT2D eigenvalue weighted by atomic mass is 32.2. The molecule has 4 nitrogen and oxygen atoms in total. The summed E-state index contributed by atoms with van der Waals surface area (Å²) >= 11 is 1.93. The number of nitrogens with two attached hydrogens (primary N) is 1. The zero-order chi connectivity index (χ0) is 10.3. The fourth-order valence-electron chi connectivity index (χ4n) is 2.02. The van der Waals surface area contributed by atoms with E-state index in [0.29, 0.717) is 11.8 Å². The van der Waals surface area contributed by atoms with E-state index in [1.807, 2.05) is 11.8 Å². The third-order valence-corrected chi connectivity index (χ3v) is 4.73. The molecule has 1 atom stereocenters. The maximum atomic E-state index is 5.73. The van der Waals surface area contributed by atoms with E-state index in [9.17, 15) is 0 Å². The third-order valence-electron chi connectivity index (χ3n) is 3.36. The number of hydrogen-bond donors (Lipinski definition) is 1. The van der Waals surface area contributed by atoms with Gasteiger partial charge in [-0.25, -0.2) is 0 Å². The highest BCUT2D eigenvalue weighted by Gasteiger charge is 2.48. The van der Waals surface area contributed by atoms with E-state index in [1.165, 1.54) is 18.6 Å². The monoisotopic (exact) mass is 225 g/mol. The van der Waals surface area contributed by atoms with Crippen LogP contribution in [0.4, 0.5) is 0 Å². The van der Waals surface area contributed by atoms with E-state index in [4.69, 9.17) is 10.3 Å². The van der Waals surface area contributed by atoms with Crippen LogP contribution in [0, 0.1) is 0 Å². The lowest BCUT2D eigenvalue weighted by molar-refractivity contribution is 0.343. The van der Waals surface area contributed by atoms with E-state index >= 15 is 0 Å². The molecule has 1 saturated carbocycles. The predicted molar refractivity (Wildman–Crippen MR) is 58.7 cm³/mol. The minimum absolute atomic E-state index is 0.0362. The van der Waals surface area contributed by atoms with Gasteiger partial charge in [-0.3, -0.25) is 0 Å². The molecule has 2 heterocycles. The molecule has 0 radical (unpaired) electrons. The van der Waals surface area contributed by atoms with Crippen molar-refractivity contribution in [3.05, 3.63) is 11.7 Å². The SMILES string of the molecule is NCC1(c2nc(C3CCCS3)no2)CC1. The summed E-state index contributed by atoms with van der Waals surface area (Å²) in [5.41, 5.74) is 5.77. The van der Waals surface area contributed by atoms with Crippen LogP contribution in [0.2, 0.25) is 0 Å². The van der Waals surface area contributed by atoms with Gasteiger partial charge in [0.15, 0.2) is 5.82 Å². The fourth-order valence-corrected chi connectivity index (χ4v) is 3.21. The minimum atomic E-state index is 0.0362. The molecule has 1 aliphatic heterocycles. The lowest BCUT2D eigenvalue weighted by Crippen LogP contribution is -2.20. The molecule has 2 fully saturated rings. The normalized spacial score (nSPS) is 28.2. The molecule has 2 N–H and O–H groups in total. The molecular weight excluding hydrogens is 210 g/mol. The second-order valence-corrected chi connectivity index (χ2v) is 5.75.